The number of nitrogens with zero attached hydrogens (tertiary/aromatic N) is 1. The van der Waals surface area contributed by atoms with Crippen LogP contribution in [-0.4, -0.2) is 12.6 Å². The van der Waals surface area contributed by atoms with Gasteiger partial charge in [0, 0.05) is 0 Å². The molecule has 1 saturated carbocycles. The Kier molecular flexibility index (Phi) is 15.4. The van der Waals surface area contributed by atoms with Gasteiger partial charge < -0.3 is 9.47 Å². The Hall–Kier alpha value is -2.80. The molecule has 41 heavy (non-hydrogen) atoms. The van der Waals surface area contributed by atoms with Gasteiger partial charge in [0.15, 0.2) is 0 Å². The minimum Gasteiger partial charge on any atom is -0.494 e. The molecule has 2 aromatic rings. The van der Waals surface area contributed by atoms with E-state index in [0.29, 0.717) is 23.5 Å². The van der Waals surface area contributed by atoms with Crippen LogP contribution in [0.2, 0.25) is 0 Å². The lowest BCUT2D eigenvalue weighted by molar-refractivity contribution is 0.0734. The number of carbonyl (C=O) groups excluding carboxylic acids is 1. The van der Waals surface area contributed by atoms with Crippen molar-refractivity contribution in [3.05, 3.63) is 59.2 Å². The van der Waals surface area contributed by atoms with Gasteiger partial charge in [-0.2, -0.15) is 5.26 Å². The SMILES string of the molecule is CCCCCCCCOc1ccc(C(=O)Oc2ccc(CCC3CCC(CCCCCCC)CC3)cc2C#N)cc1. The van der Waals surface area contributed by atoms with Gasteiger partial charge in [0.2, 0.25) is 0 Å². The van der Waals surface area contributed by atoms with E-state index in [1.54, 1.807) is 18.2 Å². The first-order valence-corrected chi connectivity index (χ1v) is 16.6. The predicted octanol–water partition coefficient (Wildman–Crippen LogP) is 10.6. The third-order valence-electron chi connectivity index (χ3n) is 8.75. The van der Waals surface area contributed by atoms with Gasteiger partial charge in [0.05, 0.1) is 17.7 Å². The third kappa shape index (κ3) is 12.3. The number of esters is 1. The van der Waals surface area contributed by atoms with Crippen LogP contribution in [0.25, 0.3) is 0 Å². The summed E-state index contributed by atoms with van der Waals surface area (Å²) in [4.78, 5) is 12.8. The van der Waals surface area contributed by atoms with E-state index < -0.39 is 5.97 Å². The summed E-state index contributed by atoms with van der Waals surface area (Å²) < 4.78 is 11.4. The zero-order valence-electron chi connectivity index (χ0n) is 25.8. The molecule has 0 aliphatic heterocycles. The van der Waals surface area contributed by atoms with Crippen molar-refractivity contribution in [3.8, 4) is 17.6 Å². The van der Waals surface area contributed by atoms with E-state index in [-0.39, 0.29) is 0 Å². The van der Waals surface area contributed by atoms with Gasteiger partial charge in [0.1, 0.15) is 17.6 Å². The Balaban J connectivity index is 1.39. The average Bonchev–Trinajstić information content (AvgIpc) is 3.01. The molecule has 224 valence electrons. The summed E-state index contributed by atoms with van der Waals surface area (Å²) >= 11 is 0. The molecule has 0 radical (unpaired) electrons. The number of hydrogen-bond acceptors (Lipinski definition) is 4. The first-order chi connectivity index (χ1) is 20.1. The molecular weight excluding hydrogens is 506 g/mol. The van der Waals surface area contributed by atoms with E-state index >= 15 is 0 Å². The Morgan fingerprint density at radius 1 is 0.780 bits per heavy atom. The van der Waals surface area contributed by atoms with Crippen molar-refractivity contribution < 1.29 is 14.3 Å². The highest BCUT2D eigenvalue weighted by Gasteiger charge is 2.21. The van der Waals surface area contributed by atoms with E-state index in [0.717, 1.165) is 36.0 Å². The highest BCUT2D eigenvalue weighted by Crippen LogP contribution is 2.34. The van der Waals surface area contributed by atoms with Crippen molar-refractivity contribution in [2.75, 3.05) is 6.61 Å². The van der Waals surface area contributed by atoms with Crippen molar-refractivity contribution in [2.45, 2.75) is 129 Å². The maximum atomic E-state index is 12.8. The van der Waals surface area contributed by atoms with Gasteiger partial charge in [-0.25, -0.2) is 4.79 Å². The number of benzene rings is 2. The topological polar surface area (TPSA) is 59.3 Å². The second-order valence-corrected chi connectivity index (χ2v) is 12.1. The molecule has 2 aromatic carbocycles. The third-order valence-corrected chi connectivity index (χ3v) is 8.75. The number of carbonyl (C=O) groups is 1. The summed E-state index contributed by atoms with van der Waals surface area (Å²) in [5.41, 5.74) is 2.01. The summed E-state index contributed by atoms with van der Waals surface area (Å²) in [6.45, 7) is 5.19. The quantitative estimate of drug-likeness (QED) is 0.0975. The van der Waals surface area contributed by atoms with Crippen molar-refractivity contribution in [1.29, 1.82) is 5.26 Å². The molecule has 1 aliphatic rings. The second-order valence-electron chi connectivity index (χ2n) is 12.1. The van der Waals surface area contributed by atoms with Crippen LogP contribution in [0.15, 0.2) is 42.5 Å². The van der Waals surface area contributed by atoms with Gasteiger partial charge in [-0.15, -0.1) is 0 Å². The Bertz CT molecular complexity index is 1050. The summed E-state index contributed by atoms with van der Waals surface area (Å²) in [6.07, 6.45) is 23.2. The monoisotopic (exact) mass is 559 g/mol. The van der Waals surface area contributed by atoms with Gasteiger partial charge in [-0.3, -0.25) is 0 Å². The van der Waals surface area contributed by atoms with Crippen LogP contribution in [0, 0.1) is 23.2 Å². The zero-order valence-corrected chi connectivity index (χ0v) is 25.8. The highest BCUT2D eigenvalue weighted by atomic mass is 16.5. The average molecular weight is 560 g/mol. The van der Waals surface area contributed by atoms with E-state index in [1.807, 2.05) is 24.3 Å². The summed E-state index contributed by atoms with van der Waals surface area (Å²) in [5.74, 6) is 2.34. The zero-order chi connectivity index (χ0) is 29.1. The van der Waals surface area contributed by atoms with Crippen LogP contribution < -0.4 is 9.47 Å². The molecular formula is C37H53NO3. The number of hydrogen-bond donors (Lipinski definition) is 0. The van der Waals surface area contributed by atoms with Crippen LogP contribution in [-0.2, 0) is 6.42 Å². The predicted molar refractivity (Wildman–Crippen MR) is 169 cm³/mol. The molecule has 0 saturated heterocycles. The van der Waals surface area contributed by atoms with Crippen molar-refractivity contribution in [1.82, 2.24) is 0 Å². The van der Waals surface area contributed by atoms with E-state index in [2.05, 4.69) is 19.9 Å². The molecule has 0 amide bonds. The second kappa shape index (κ2) is 19.3. The fraction of sp³-hybridized carbons (Fsp3) is 0.622. The molecule has 0 heterocycles. The lowest BCUT2D eigenvalue weighted by atomic mass is 9.77. The van der Waals surface area contributed by atoms with Crippen molar-refractivity contribution in [3.63, 3.8) is 0 Å². The molecule has 3 rings (SSSR count). The number of nitriles is 1. The molecule has 4 heteroatoms. The Morgan fingerprint density at radius 2 is 1.39 bits per heavy atom. The first kappa shape index (κ1) is 32.7. The summed E-state index contributed by atoms with van der Waals surface area (Å²) in [6, 6.07) is 15.0. The van der Waals surface area contributed by atoms with E-state index in [9.17, 15) is 10.1 Å². The van der Waals surface area contributed by atoms with Gasteiger partial charge in [-0.05, 0) is 73.1 Å². The molecule has 1 fully saturated rings. The standard InChI is InChI=1S/C37H53NO3/c1-3-5-7-9-11-13-27-40-35-24-22-33(23-25-35)37(39)41-36-26-21-32(28-34(36)29-38)20-19-31-17-15-30(16-18-31)14-12-10-8-6-4-2/h21-26,28,30-31H,3-20,27H2,1-2H3. The van der Waals surface area contributed by atoms with Crippen LogP contribution in [0.1, 0.15) is 144 Å². The lowest BCUT2D eigenvalue weighted by Crippen LogP contribution is -2.15. The van der Waals surface area contributed by atoms with E-state index in [4.69, 9.17) is 9.47 Å². The molecule has 0 atom stereocenters. The number of rotatable bonds is 19. The molecule has 0 spiro atoms. The fourth-order valence-corrected chi connectivity index (χ4v) is 6.04. The van der Waals surface area contributed by atoms with Crippen molar-refractivity contribution >= 4 is 5.97 Å². The molecule has 0 aromatic heterocycles. The minimum atomic E-state index is -0.459. The number of unbranched alkanes of at least 4 members (excludes halogenated alkanes) is 9. The lowest BCUT2D eigenvalue weighted by Gasteiger charge is -2.28. The van der Waals surface area contributed by atoms with Crippen LogP contribution >= 0.6 is 0 Å². The molecule has 0 N–H and O–H groups in total. The normalized spacial score (nSPS) is 16.7. The minimum absolute atomic E-state index is 0.323. The van der Waals surface area contributed by atoms with Gasteiger partial charge >= 0.3 is 5.97 Å². The molecule has 1 aliphatic carbocycles. The van der Waals surface area contributed by atoms with Crippen LogP contribution in [0.4, 0.5) is 0 Å². The number of ether oxygens (including phenoxy) is 2. The van der Waals surface area contributed by atoms with Crippen molar-refractivity contribution in [2.24, 2.45) is 11.8 Å². The summed E-state index contributed by atoms with van der Waals surface area (Å²) in [5, 5.41) is 9.73. The fourth-order valence-electron chi connectivity index (χ4n) is 6.04. The molecule has 4 nitrogen and oxygen atoms in total. The Morgan fingerprint density at radius 3 is 2.05 bits per heavy atom. The van der Waals surface area contributed by atoms with Gasteiger partial charge in [-0.1, -0.05) is 116 Å². The maximum Gasteiger partial charge on any atom is 0.343 e. The Labute approximate surface area is 249 Å². The molecule has 0 bridgehead atoms. The summed E-state index contributed by atoms with van der Waals surface area (Å²) in [7, 11) is 0. The number of aryl methyl sites for hydroxylation is 1. The van der Waals surface area contributed by atoms with Crippen LogP contribution in [0.5, 0.6) is 11.5 Å². The highest BCUT2D eigenvalue weighted by molar-refractivity contribution is 5.91. The van der Waals surface area contributed by atoms with Gasteiger partial charge in [0.25, 0.3) is 0 Å². The van der Waals surface area contributed by atoms with Crippen LogP contribution in [0.3, 0.4) is 0 Å². The maximum absolute atomic E-state index is 12.8. The smallest absolute Gasteiger partial charge is 0.343 e. The largest absolute Gasteiger partial charge is 0.494 e. The molecule has 0 unspecified atom stereocenters. The first-order valence-electron chi connectivity index (χ1n) is 16.6. The van der Waals surface area contributed by atoms with E-state index in [1.165, 1.54) is 103 Å².